The van der Waals surface area contributed by atoms with Gasteiger partial charge in [0, 0.05) is 17.8 Å². The topological polar surface area (TPSA) is 52.3 Å². The summed E-state index contributed by atoms with van der Waals surface area (Å²) in [7, 11) is 1.61. The highest BCUT2D eigenvalue weighted by atomic mass is 16.5. The largest absolute Gasteiger partial charge is 0.497 e. The molecule has 3 aromatic rings. The Morgan fingerprint density at radius 3 is 2.68 bits per heavy atom. The van der Waals surface area contributed by atoms with Crippen LogP contribution >= 0.6 is 0 Å². The lowest BCUT2D eigenvalue weighted by molar-refractivity contribution is 0.415. The average Bonchev–Trinajstić information content (AvgIpc) is 2.47. The Bertz CT molecular complexity index is 775. The lowest BCUT2D eigenvalue weighted by Crippen LogP contribution is -2.00. The van der Waals surface area contributed by atoms with Crippen molar-refractivity contribution >= 4 is 11.1 Å². The number of fused-ring (bicyclic) bond motifs is 1. The van der Waals surface area contributed by atoms with Gasteiger partial charge in [0.2, 0.25) is 5.71 Å². The minimum atomic E-state index is -0.0971. The summed E-state index contributed by atoms with van der Waals surface area (Å²) >= 11 is 0. The van der Waals surface area contributed by atoms with Crippen LogP contribution in [0.1, 0.15) is 0 Å². The lowest BCUT2D eigenvalue weighted by atomic mass is 10.1. The van der Waals surface area contributed by atoms with Gasteiger partial charge in [-0.2, -0.15) is 0 Å². The molecule has 1 aromatic carbocycles. The van der Waals surface area contributed by atoms with Gasteiger partial charge in [0.1, 0.15) is 11.5 Å². The highest BCUT2D eigenvalue weighted by Gasteiger charge is 2.07. The van der Waals surface area contributed by atoms with Gasteiger partial charge in [-0.05, 0) is 36.4 Å². The van der Waals surface area contributed by atoms with Crippen molar-refractivity contribution in [1.29, 1.82) is 0 Å². The van der Waals surface area contributed by atoms with Crippen LogP contribution in [0.2, 0.25) is 0 Å². The van der Waals surface area contributed by atoms with Gasteiger partial charge >= 0.3 is 0 Å². The number of nitrogens with zero attached hydrogens (tertiary/aromatic N) is 1. The predicted octanol–water partition coefficient (Wildman–Crippen LogP) is 2.86. The molecule has 19 heavy (non-hydrogen) atoms. The second-order valence-electron chi connectivity index (χ2n) is 4.06. The zero-order valence-electron chi connectivity index (χ0n) is 10.3. The maximum Gasteiger partial charge on any atom is 0.230 e. The van der Waals surface area contributed by atoms with Crippen molar-refractivity contribution in [3.05, 3.63) is 58.9 Å². The first-order chi connectivity index (χ1) is 9.28. The van der Waals surface area contributed by atoms with E-state index in [0.717, 1.165) is 11.3 Å². The van der Waals surface area contributed by atoms with Crippen LogP contribution in [0, 0.1) is 0 Å². The number of ether oxygens (including phenoxy) is 1. The molecule has 0 spiro atoms. The van der Waals surface area contributed by atoms with Crippen molar-refractivity contribution in [2.24, 2.45) is 0 Å². The highest BCUT2D eigenvalue weighted by molar-refractivity contribution is 5.75. The van der Waals surface area contributed by atoms with Crippen molar-refractivity contribution in [2.75, 3.05) is 7.11 Å². The van der Waals surface area contributed by atoms with Gasteiger partial charge in [0.15, 0.2) is 5.43 Å². The van der Waals surface area contributed by atoms with Gasteiger partial charge in [-0.15, -0.1) is 0 Å². The minimum Gasteiger partial charge on any atom is -0.497 e. The fourth-order valence-electron chi connectivity index (χ4n) is 1.89. The molecule has 4 nitrogen and oxygen atoms in total. The first-order valence-electron chi connectivity index (χ1n) is 5.81. The van der Waals surface area contributed by atoms with E-state index in [1.807, 2.05) is 24.3 Å². The van der Waals surface area contributed by atoms with E-state index in [0.29, 0.717) is 16.9 Å². The Kier molecular flexibility index (Phi) is 2.76. The van der Waals surface area contributed by atoms with Crippen LogP contribution in [0.3, 0.4) is 0 Å². The molecule has 0 fully saturated rings. The van der Waals surface area contributed by atoms with E-state index in [2.05, 4.69) is 4.98 Å². The average molecular weight is 253 g/mol. The third-order valence-corrected chi connectivity index (χ3v) is 2.88. The van der Waals surface area contributed by atoms with Crippen molar-refractivity contribution in [3.63, 3.8) is 0 Å². The fraction of sp³-hybridized carbons (Fsp3) is 0.0667. The third-order valence-electron chi connectivity index (χ3n) is 2.88. The molecule has 0 bridgehead atoms. The smallest absolute Gasteiger partial charge is 0.230 e. The number of aromatic nitrogens is 1. The molecule has 2 heterocycles. The number of pyridine rings is 1. The van der Waals surface area contributed by atoms with Crippen molar-refractivity contribution in [3.8, 4) is 17.1 Å². The van der Waals surface area contributed by atoms with Crippen LogP contribution in [0.4, 0.5) is 0 Å². The number of rotatable bonds is 2. The van der Waals surface area contributed by atoms with Crippen LogP contribution < -0.4 is 10.2 Å². The molecule has 94 valence electrons. The van der Waals surface area contributed by atoms with E-state index >= 15 is 0 Å². The zero-order valence-corrected chi connectivity index (χ0v) is 10.3. The molecule has 0 atom stereocenters. The molecule has 2 aromatic heterocycles. The number of hydrogen-bond donors (Lipinski definition) is 0. The molecule has 0 unspecified atom stereocenters. The first-order valence-corrected chi connectivity index (χ1v) is 5.81. The predicted molar refractivity (Wildman–Crippen MR) is 72.3 cm³/mol. The zero-order chi connectivity index (χ0) is 13.2. The Morgan fingerprint density at radius 2 is 1.95 bits per heavy atom. The molecule has 4 heteroatoms. The summed E-state index contributed by atoms with van der Waals surface area (Å²) in [4.78, 5) is 16.0. The summed E-state index contributed by atoms with van der Waals surface area (Å²) in [5.74, 6) is 1.25. The standard InChI is InChI=1S/C15H11NO3/c1-18-11-6-4-10(5-7-11)14-9-13(17)12-3-2-8-16-15(12)19-14/h2-9H,1H3. The second-order valence-corrected chi connectivity index (χ2v) is 4.06. The van der Waals surface area contributed by atoms with E-state index < -0.39 is 0 Å². The molecule has 0 radical (unpaired) electrons. The van der Waals surface area contributed by atoms with Gasteiger partial charge in [-0.3, -0.25) is 4.79 Å². The molecule has 0 aliphatic heterocycles. The van der Waals surface area contributed by atoms with E-state index in [9.17, 15) is 4.79 Å². The van der Waals surface area contributed by atoms with Gasteiger partial charge < -0.3 is 9.15 Å². The van der Waals surface area contributed by atoms with E-state index in [1.54, 1.807) is 25.4 Å². The maximum atomic E-state index is 12.0. The Labute approximate surface area is 109 Å². The van der Waals surface area contributed by atoms with Crippen LogP contribution in [0.5, 0.6) is 5.75 Å². The summed E-state index contributed by atoms with van der Waals surface area (Å²) in [6.07, 6.45) is 1.60. The van der Waals surface area contributed by atoms with Crippen molar-refractivity contribution in [1.82, 2.24) is 4.98 Å². The number of benzene rings is 1. The van der Waals surface area contributed by atoms with Gasteiger partial charge in [-0.1, -0.05) is 0 Å². The van der Waals surface area contributed by atoms with Crippen molar-refractivity contribution in [2.45, 2.75) is 0 Å². The lowest BCUT2D eigenvalue weighted by Gasteiger charge is -2.03. The molecule has 0 N–H and O–H groups in total. The first kappa shape index (κ1) is 11.5. The molecule has 3 rings (SSSR count). The molecular weight excluding hydrogens is 242 g/mol. The Hall–Kier alpha value is -2.62. The van der Waals surface area contributed by atoms with Gasteiger partial charge in [0.05, 0.1) is 12.5 Å². The summed E-state index contributed by atoms with van der Waals surface area (Å²) in [5, 5.41) is 0.486. The maximum absolute atomic E-state index is 12.0. The Balaban J connectivity index is 2.16. The molecule has 0 saturated carbocycles. The SMILES string of the molecule is COc1ccc(-c2cc(=O)c3cccnc3o2)cc1. The monoisotopic (exact) mass is 253 g/mol. The van der Waals surface area contributed by atoms with E-state index in [1.165, 1.54) is 6.07 Å². The fourth-order valence-corrected chi connectivity index (χ4v) is 1.89. The number of hydrogen-bond acceptors (Lipinski definition) is 4. The van der Waals surface area contributed by atoms with Crippen LogP contribution in [-0.4, -0.2) is 12.1 Å². The molecule has 0 amide bonds. The van der Waals surface area contributed by atoms with E-state index in [-0.39, 0.29) is 5.43 Å². The van der Waals surface area contributed by atoms with Crippen molar-refractivity contribution < 1.29 is 9.15 Å². The van der Waals surface area contributed by atoms with Crippen LogP contribution in [-0.2, 0) is 0 Å². The summed E-state index contributed by atoms with van der Waals surface area (Å²) in [6.45, 7) is 0. The second kappa shape index (κ2) is 4.57. The summed E-state index contributed by atoms with van der Waals surface area (Å²) in [6, 6.07) is 12.2. The number of methoxy groups -OCH3 is 1. The van der Waals surface area contributed by atoms with Gasteiger partial charge in [0.25, 0.3) is 0 Å². The quantitative estimate of drug-likeness (QED) is 0.704. The third kappa shape index (κ3) is 2.08. The van der Waals surface area contributed by atoms with Crippen LogP contribution in [0.15, 0.2) is 57.9 Å². The van der Waals surface area contributed by atoms with Crippen LogP contribution in [0.25, 0.3) is 22.4 Å². The summed E-state index contributed by atoms with van der Waals surface area (Å²) in [5.41, 5.74) is 1.06. The molecular formula is C15H11NO3. The molecule has 0 aliphatic carbocycles. The normalized spacial score (nSPS) is 10.6. The highest BCUT2D eigenvalue weighted by Crippen LogP contribution is 2.23. The molecule has 0 saturated heterocycles. The molecule has 0 aliphatic rings. The summed E-state index contributed by atoms with van der Waals surface area (Å²) < 4.78 is 10.7. The van der Waals surface area contributed by atoms with Gasteiger partial charge in [-0.25, -0.2) is 4.98 Å². The minimum absolute atomic E-state index is 0.0971. The Morgan fingerprint density at radius 1 is 1.16 bits per heavy atom. The van der Waals surface area contributed by atoms with E-state index in [4.69, 9.17) is 9.15 Å².